The van der Waals surface area contributed by atoms with Crippen LogP contribution in [0.5, 0.6) is 0 Å². The molecule has 1 aliphatic heterocycles. The third-order valence-electron chi connectivity index (χ3n) is 4.44. The van der Waals surface area contributed by atoms with Crippen LogP contribution in [0.3, 0.4) is 0 Å². The molecule has 0 bridgehead atoms. The Bertz CT molecular complexity index is 517. The van der Waals surface area contributed by atoms with Gasteiger partial charge in [0.25, 0.3) is 0 Å². The van der Waals surface area contributed by atoms with Gasteiger partial charge in [-0.05, 0) is 44.0 Å². The van der Waals surface area contributed by atoms with E-state index in [0.29, 0.717) is 31.0 Å². The van der Waals surface area contributed by atoms with Crippen molar-refractivity contribution in [2.24, 2.45) is 0 Å². The van der Waals surface area contributed by atoms with Crippen LogP contribution in [0.4, 0.5) is 0 Å². The molecule has 2 N–H and O–H groups in total. The van der Waals surface area contributed by atoms with E-state index in [1.165, 1.54) is 7.11 Å². The van der Waals surface area contributed by atoms with Crippen molar-refractivity contribution in [3.63, 3.8) is 0 Å². The molecule has 6 heteroatoms. The van der Waals surface area contributed by atoms with Gasteiger partial charge in [-0.3, -0.25) is 9.69 Å². The van der Waals surface area contributed by atoms with Crippen molar-refractivity contribution >= 4 is 17.6 Å². The number of benzene rings is 1. The zero-order valence-electron chi connectivity index (χ0n) is 13.7. The summed E-state index contributed by atoms with van der Waals surface area (Å²) in [4.78, 5) is 13.3. The lowest BCUT2D eigenvalue weighted by atomic mass is 9.87. The van der Waals surface area contributed by atoms with Crippen molar-refractivity contribution in [3.05, 3.63) is 34.9 Å². The molecule has 0 radical (unpaired) electrons. The molecule has 1 saturated heterocycles. The van der Waals surface area contributed by atoms with E-state index in [-0.39, 0.29) is 11.5 Å². The second kappa shape index (κ2) is 8.11. The molecule has 2 rings (SSSR count). The minimum Gasteiger partial charge on any atom is -0.469 e. The number of aliphatic hydroxyl groups excluding tert-OH is 1. The van der Waals surface area contributed by atoms with Crippen molar-refractivity contribution in [2.75, 3.05) is 20.2 Å². The molecule has 1 aromatic carbocycles. The number of carbonyl (C=O) groups excluding carboxylic acids is 1. The fourth-order valence-electron chi connectivity index (χ4n) is 2.78. The zero-order valence-corrected chi connectivity index (χ0v) is 14.5. The Kier molecular flexibility index (Phi) is 6.41. The molecule has 2 atom stereocenters. The molecule has 2 unspecified atom stereocenters. The summed E-state index contributed by atoms with van der Waals surface area (Å²) in [6, 6.07) is 7.61. The van der Waals surface area contributed by atoms with Gasteiger partial charge in [0.15, 0.2) is 0 Å². The van der Waals surface area contributed by atoms with E-state index in [2.05, 4.69) is 10.1 Å². The number of esters is 1. The SMILES string of the molecule is COC(=O)CCCN(Cc1ccc(Cl)cc1)C(O)C1(C)CCN1. The largest absolute Gasteiger partial charge is 0.469 e. The summed E-state index contributed by atoms with van der Waals surface area (Å²) in [6.45, 7) is 4.17. The molecule has 1 heterocycles. The van der Waals surface area contributed by atoms with E-state index in [1.807, 2.05) is 36.1 Å². The van der Waals surface area contributed by atoms with Crippen LogP contribution in [0.1, 0.15) is 31.7 Å². The van der Waals surface area contributed by atoms with E-state index >= 15 is 0 Å². The Hall–Kier alpha value is -1.14. The Morgan fingerprint density at radius 2 is 2.13 bits per heavy atom. The molecular weight excluding hydrogens is 316 g/mol. The molecule has 0 saturated carbocycles. The lowest BCUT2D eigenvalue weighted by Crippen LogP contribution is -2.66. The first-order valence-electron chi connectivity index (χ1n) is 7.93. The zero-order chi connectivity index (χ0) is 16.9. The predicted octanol–water partition coefficient (Wildman–Crippen LogP) is 2.17. The van der Waals surface area contributed by atoms with Crippen LogP contribution in [0.2, 0.25) is 5.02 Å². The summed E-state index contributed by atoms with van der Waals surface area (Å²) in [5.41, 5.74) is 0.784. The van der Waals surface area contributed by atoms with Gasteiger partial charge >= 0.3 is 5.97 Å². The first kappa shape index (κ1) is 18.2. The van der Waals surface area contributed by atoms with Crippen LogP contribution in [0.25, 0.3) is 0 Å². The standard InChI is InChI=1S/C17H25ClN2O3/c1-17(9-10-19-17)16(22)20(11-3-4-15(21)23-2)12-13-5-7-14(18)8-6-13/h5-8,16,19,22H,3-4,9-12H2,1-2H3. The summed E-state index contributed by atoms with van der Waals surface area (Å²) in [6.07, 6.45) is 1.32. The van der Waals surface area contributed by atoms with Crippen LogP contribution < -0.4 is 5.32 Å². The molecule has 128 valence electrons. The van der Waals surface area contributed by atoms with E-state index in [4.69, 9.17) is 11.6 Å². The highest BCUT2D eigenvalue weighted by molar-refractivity contribution is 6.30. The average molecular weight is 341 g/mol. The second-order valence-electron chi connectivity index (χ2n) is 6.24. The Balaban J connectivity index is 2.00. The number of halogens is 1. The maximum Gasteiger partial charge on any atom is 0.305 e. The fourth-order valence-corrected chi connectivity index (χ4v) is 2.91. The maximum atomic E-state index is 11.3. The highest BCUT2D eigenvalue weighted by Gasteiger charge is 2.41. The summed E-state index contributed by atoms with van der Waals surface area (Å²) in [5, 5.41) is 14.7. The van der Waals surface area contributed by atoms with Gasteiger partial charge in [0.2, 0.25) is 0 Å². The number of methoxy groups -OCH3 is 1. The van der Waals surface area contributed by atoms with Gasteiger partial charge in [-0.2, -0.15) is 0 Å². The fraction of sp³-hybridized carbons (Fsp3) is 0.588. The van der Waals surface area contributed by atoms with E-state index < -0.39 is 6.23 Å². The summed E-state index contributed by atoms with van der Waals surface area (Å²) < 4.78 is 4.68. The molecule has 1 aromatic rings. The Labute approximate surface area is 142 Å². The van der Waals surface area contributed by atoms with Gasteiger partial charge in [0.05, 0.1) is 12.6 Å². The highest BCUT2D eigenvalue weighted by Crippen LogP contribution is 2.26. The first-order valence-corrected chi connectivity index (χ1v) is 8.31. The van der Waals surface area contributed by atoms with Crippen LogP contribution in [0.15, 0.2) is 24.3 Å². The highest BCUT2D eigenvalue weighted by atomic mass is 35.5. The van der Waals surface area contributed by atoms with Gasteiger partial charge in [0.1, 0.15) is 6.23 Å². The molecule has 1 fully saturated rings. The molecule has 0 aliphatic carbocycles. The van der Waals surface area contributed by atoms with Gasteiger partial charge < -0.3 is 15.2 Å². The first-order chi connectivity index (χ1) is 10.9. The smallest absolute Gasteiger partial charge is 0.305 e. The normalized spacial score (nSPS) is 21.8. The number of carbonyl (C=O) groups is 1. The molecule has 23 heavy (non-hydrogen) atoms. The van der Waals surface area contributed by atoms with Gasteiger partial charge in [-0.15, -0.1) is 0 Å². The topological polar surface area (TPSA) is 61.8 Å². The number of rotatable bonds is 8. The second-order valence-corrected chi connectivity index (χ2v) is 6.68. The van der Waals surface area contributed by atoms with Crippen LogP contribution in [0, 0.1) is 0 Å². The van der Waals surface area contributed by atoms with E-state index in [1.54, 1.807) is 0 Å². The van der Waals surface area contributed by atoms with Crippen molar-refractivity contribution in [1.29, 1.82) is 0 Å². The third-order valence-corrected chi connectivity index (χ3v) is 4.69. The lowest BCUT2D eigenvalue weighted by Gasteiger charge is -2.47. The number of ether oxygens (including phenoxy) is 1. The van der Waals surface area contributed by atoms with Crippen LogP contribution in [-0.4, -0.2) is 47.9 Å². The summed E-state index contributed by atoms with van der Waals surface area (Å²) in [7, 11) is 1.39. The number of nitrogens with one attached hydrogen (secondary N) is 1. The van der Waals surface area contributed by atoms with Crippen LogP contribution >= 0.6 is 11.6 Å². The Morgan fingerprint density at radius 1 is 1.48 bits per heavy atom. The number of nitrogens with zero attached hydrogens (tertiary/aromatic N) is 1. The van der Waals surface area contributed by atoms with Gasteiger partial charge in [0, 0.05) is 24.5 Å². The van der Waals surface area contributed by atoms with Crippen molar-refractivity contribution in [2.45, 2.75) is 44.5 Å². The molecular formula is C17H25ClN2O3. The molecule has 0 amide bonds. The summed E-state index contributed by atoms with van der Waals surface area (Å²) in [5.74, 6) is -0.223. The monoisotopic (exact) mass is 340 g/mol. The van der Waals surface area contributed by atoms with Gasteiger partial charge in [-0.25, -0.2) is 0 Å². The molecule has 0 spiro atoms. The number of hydrogen-bond acceptors (Lipinski definition) is 5. The average Bonchev–Trinajstić information content (AvgIpc) is 2.52. The number of aliphatic hydroxyl groups is 1. The minimum absolute atomic E-state index is 0.223. The molecule has 1 aliphatic rings. The van der Waals surface area contributed by atoms with Crippen molar-refractivity contribution in [1.82, 2.24) is 10.2 Å². The van der Waals surface area contributed by atoms with Crippen molar-refractivity contribution < 1.29 is 14.6 Å². The molecule has 0 aromatic heterocycles. The van der Waals surface area contributed by atoms with Crippen LogP contribution in [-0.2, 0) is 16.1 Å². The maximum absolute atomic E-state index is 11.3. The van der Waals surface area contributed by atoms with Gasteiger partial charge in [-0.1, -0.05) is 23.7 Å². The number of hydrogen-bond donors (Lipinski definition) is 2. The van der Waals surface area contributed by atoms with E-state index in [0.717, 1.165) is 18.5 Å². The lowest BCUT2D eigenvalue weighted by molar-refractivity contribution is -0.141. The minimum atomic E-state index is -0.607. The van der Waals surface area contributed by atoms with E-state index in [9.17, 15) is 9.90 Å². The Morgan fingerprint density at radius 3 is 2.65 bits per heavy atom. The summed E-state index contributed by atoms with van der Waals surface area (Å²) >= 11 is 5.92. The molecule has 5 nitrogen and oxygen atoms in total. The van der Waals surface area contributed by atoms with Crippen molar-refractivity contribution in [3.8, 4) is 0 Å². The third kappa shape index (κ3) is 4.91. The predicted molar refractivity (Wildman–Crippen MR) is 90.1 cm³/mol. The quantitative estimate of drug-likeness (QED) is 0.561.